The van der Waals surface area contributed by atoms with Gasteiger partial charge >= 0.3 is 0 Å². The Kier molecular flexibility index (Phi) is 6.19. The van der Waals surface area contributed by atoms with Crippen molar-refractivity contribution < 1.29 is 4.39 Å². The third-order valence-electron chi connectivity index (χ3n) is 4.47. The molecule has 1 N–H and O–H groups in total. The van der Waals surface area contributed by atoms with Crippen molar-refractivity contribution in [1.82, 2.24) is 10.2 Å². The van der Waals surface area contributed by atoms with Crippen LogP contribution >= 0.6 is 0 Å². The molecule has 1 fully saturated rings. The Bertz CT molecular complexity index is 416. The summed E-state index contributed by atoms with van der Waals surface area (Å²) in [6, 6.07) is 8.58. The number of halogens is 1. The molecule has 1 aromatic rings. The van der Waals surface area contributed by atoms with Crippen molar-refractivity contribution in [2.75, 3.05) is 13.1 Å². The third kappa shape index (κ3) is 5.40. The molecule has 1 aliphatic heterocycles. The summed E-state index contributed by atoms with van der Waals surface area (Å²) in [6.07, 6.45) is 4.73. The molecule has 1 aromatic carbocycles. The summed E-state index contributed by atoms with van der Waals surface area (Å²) >= 11 is 0. The lowest BCUT2D eigenvalue weighted by molar-refractivity contribution is 0.228. The lowest BCUT2D eigenvalue weighted by Crippen LogP contribution is -2.39. The van der Waals surface area contributed by atoms with Gasteiger partial charge in [0.15, 0.2) is 0 Å². The van der Waals surface area contributed by atoms with Crippen LogP contribution in [0.15, 0.2) is 24.3 Å². The van der Waals surface area contributed by atoms with Gasteiger partial charge in [-0.2, -0.15) is 0 Å². The van der Waals surface area contributed by atoms with Crippen molar-refractivity contribution in [3.05, 3.63) is 35.6 Å². The molecule has 3 heteroatoms. The van der Waals surface area contributed by atoms with Crippen LogP contribution in [0, 0.1) is 5.82 Å². The van der Waals surface area contributed by atoms with E-state index in [0.29, 0.717) is 18.1 Å². The highest BCUT2D eigenvalue weighted by atomic mass is 19.1. The zero-order chi connectivity index (χ0) is 15.2. The summed E-state index contributed by atoms with van der Waals surface area (Å²) in [6.45, 7) is 9.21. The highest BCUT2D eigenvalue weighted by molar-refractivity contribution is 5.17. The fourth-order valence-corrected chi connectivity index (χ4v) is 3.24. The van der Waals surface area contributed by atoms with Gasteiger partial charge in [-0.25, -0.2) is 4.39 Å². The van der Waals surface area contributed by atoms with Gasteiger partial charge in [-0.05, 0) is 77.2 Å². The molecule has 0 aliphatic carbocycles. The van der Waals surface area contributed by atoms with Crippen molar-refractivity contribution in [1.29, 1.82) is 0 Å². The van der Waals surface area contributed by atoms with Crippen LogP contribution in [0.25, 0.3) is 0 Å². The van der Waals surface area contributed by atoms with Crippen LogP contribution in [0.3, 0.4) is 0 Å². The Morgan fingerprint density at radius 1 is 1.14 bits per heavy atom. The number of likely N-dealkylation sites (tertiary alicyclic amines) is 1. The first kappa shape index (κ1) is 16.4. The molecule has 0 amide bonds. The van der Waals surface area contributed by atoms with Crippen molar-refractivity contribution in [3.63, 3.8) is 0 Å². The molecule has 2 rings (SSSR count). The summed E-state index contributed by atoms with van der Waals surface area (Å²) in [7, 11) is 0. The van der Waals surface area contributed by atoms with Crippen LogP contribution < -0.4 is 5.32 Å². The monoisotopic (exact) mass is 292 g/mol. The average molecular weight is 292 g/mol. The summed E-state index contributed by atoms with van der Waals surface area (Å²) in [5, 5.41) is 3.76. The minimum Gasteiger partial charge on any atom is -0.311 e. The van der Waals surface area contributed by atoms with Gasteiger partial charge in [0.05, 0.1) is 0 Å². The Hall–Kier alpha value is -0.930. The molecule has 1 heterocycles. The SMILES string of the molecule is CC(Cc1ccc(F)cc1)NC1CCCN(C(C)C)CC1. The maximum absolute atomic E-state index is 12.9. The highest BCUT2D eigenvalue weighted by Gasteiger charge is 2.19. The average Bonchev–Trinajstić information content (AvgIpc) is 2.67. The lowest BCUT2D eigenvalue weighted by Gasteiger charge is -2.25. The third-order valence-corrected chi connectivity index (χ3v) is 4.47. The molecule has 2 atom stereocenters. The molecular weight excluding hydrogens is 263 g/mol. The van der Waals surface area contributed by atoms with Crippen LogP contribution in [0.2, 0.25) is 0 Å². The summed E-state index contributed by atoms with van der Waals surface area (Å²) < 4.78 is 12.9. The maximum Gasteiger partial charge on any atom is 0.123 e. The van der Waals surface area contributed by atoms with Gasteiger partial charge in [0, 0.05) is 18.1 Å². The summed E-state index contributed by atoms with van der Waals surface area (Å²) in [5.74, 6) is -0.156. The van der Waals surface area contributed by atoms with E-state index >= 15 is 0 Å². The molecule has 1 saturated heterocycles. The zero-order valence-corrected chi connectivity index (χ0v) is 13.6. The Morgan fingerprint density at radius 2 is 1.86 bits per heavy atom. The minimum atomic E-state index is -0.156. The van der Waals surface area contributed by atoms with Crippen LogP contribution in [0.1, 0.15) is 45.6 Å². The largest absolute Gasteiger partial charge is 0.311 e. The predicted molar refractivity (Wildman–Crippen MR) is 87.0 cm³/mol. The standard InChI is InChI=1S/C18H29FN2/c1-14(2)21-11-4-5-18(10-12-21)20-15(3)13-16-6-8-17(19)9-7-16/h6-9,14-15,18,20H,4-5,10-13H2,1-3H3. The first-order chi connectivity index (χ1) is 10.0. The van der Waals surface area contributed by atoms with Gasteiger partial charge in [0.25, 0.3) is 0 Å². The first-order valence-corrected chi connectivity index (χ1v) is 8.29. The topological polar surface area (TPSA) is 15.3 Å². The zero-order valence-electron chi connectivity index (χ0n) is 13.6. The van der Waals surface area contributed by atoms with Crippen LogP contribution in [0.4, 0.5) is 4.39 Å². The molecule has 0 saturated carbocycles. The molecule has 0 spiro atoms. The van der Waals surface area contributed by atoms with Crippen molar-refractivity contribution >= 4 is 0 Å². The fourth-order valence-electron chi connectivity index (χ4n) is 3.24. The van der Waals surface area contributed by atoms with E-state index in [1.807, 2.05) is 12.1 Å². The molecule has 2 unspecified atom stereocenters. The van der Waals surface area contributed by atoms with E-state index in [4.69, 9.17) is 0 Å². The number of benzene rings is 1. The second-order valence-corrected chi connectivity index (χ2v) is 6.66. The highest BCUT2D eigenvalue weighted by Crippen LogP contribution is 2.15. The molecule has 118 valence electrons. The number of nitrogens with one attached hydrogen (secondary N) is 1. The molecule has 0 radical (unpaired) electrons. The Morgan fingerprint density at radius 3 is 2.52 bits per heavy atom. The second kappa shape index (κ2) is 7.90. The summed E-state index contributed by atoms with van der Waals surface area (Å²) in [5.41, 5.74) is 1.20. The molecule has 0 bridgehead atoms. The quantitative estimate of drug-likeness (QED) is 0.892. The predicted octanol–water partition coefficient (Wildman–Crippen LogP) is 3.61. The maximum atomic E-state index is 12.9. The number of nitrogens with zero attached hydrogens (tertiary/aromatic N) is 1. The number of hydrogen-bond donors (Lipinski definition) is 1. The van der Waals surface area contributed by atoms with Gasteiger partial charge in [-0.15, -0.1) is 0 Å². The van der Waals surface area contributed by atoms with E-state index in [9.17, 15) is 4.39 Å². The van der Waals surface area contributed by atoms with Crippen molar-refractivity contribution in [2.24, 2.45) is 0 Å². The molecular formula is C18H29FN2. The Labute approximate surface area is 128 Å². The molecule has 2 nitrogen and oxygen atoms in total. The van der Waals surface area contributed by atoms with Crippen molar-refractivity contribution in [3.8, 4) is 0 Å². The molecule has 1 aliphatic rings. The molecule has 21 heavy (non-hydrogen) atoms. The second-order valence-electron chi connectivity index (χ2n) is 6.66. The van der Waals surface area contributed by atoms with Gasteiger partial charge < -0.3 is 10.2 Å². The van der Waals surface area contributed by atoms with E-state index in [1.165, 1.54) is 37.9 Å². The van der Waals surface area contributed by atoms with E-state index in [-0.39, 0.29) is 5.82 Å². The van der Waals surface area contributed by atoms with Crippen LogP contribution in [0.5, 0.6) is 0 Å². The van der Waals surface area contributed by atoms with Crippen LogP contribution in [-0.2, 0) is 6.42 Å². The Balaban J connectivity index is 1.79. The number of rotatable bonds is 5. The number of hydrogen-bond acceptors (Lipinski definition) is 2. The van der Waals surface area contributed by atoms with E-state index in [2.05, 4.69) is 31.0 Å². The summed E-state index contributed by atoms with van der Waals surface area (Å²) in [4.78, 5) is 2.58. The van der Waals surface area contributed by atoms with E-state index in [0.717, 1.165) is 6.42 Å². The van der Waals surface area contributed by atoms with Crippen LogP contribution in [-0.4, -0.2) is 36.1 Å². The molecule has 0 aromatic heterocycles. The van der Waals surface area contributed by atoms with Crippen molar-refractivity contribution in [2.45, 2.75) is 64.6 Å². The van der Waals surface area contributed by atoms with Gasteiger partial charge in [0.2, 0.25) is 0 Å². The van der Waals surface area contributed by atoms with Gasteiger partial charge in [-0.1, -0.05) is 12.1 Å². The van der Waals surface area contributed by atoms with E-state index in [1.54, 1.807) is 12.1 Å². The normalized spacial score (nSPS) is 22.2. The lowest BCUT2D eigenvalue weighted by atomic mass is 10.0. The first-order valence-electron chi connectivity index (χ1n) is 8.29. The van der Waals surface area contributed by atoms with E-state index < -0.39 is 0 Å². The van der Waals surface area contributed by atoms with Gasteiger partial charge in [0.1, 0.15) is 5.82 Å². The smallest absolute Gasteiger partial charge is 0.123 e. The minimum absolute atomic E-state index is 0.156. The fraction of sp³-hybridized carbons (Fsp3) is 0.667. The van der Waals surface area contributed by atoms with Gasteiger partial charge in [-0.3, -0.25) is 0 Å².